The highest BCUT2D eigenvalue weighted by atomic mass is 16.2. The summed E-state index contributed by atoms with van der Waals surface area (Å²) in [4.78, 5) is 23.4. The van der Waals surface area contributed by atoms with Crippen molar-refractivity contribution in [3.63, 3.8) is 0 Å². The number of pyridine rings is 1. The van der Waals surface area contributed by atoms with Gasteiger partial charge in [0.15, 0.2) is 0 Å². The Kier molecular flexibility index (Phi) is 5.63. The van der Waals surface area contributed by atoms with E-state index >= 15 is 0 Å². The second-order valence-corrected chi connectivity index (χ2v) is 6.77. The number of nitrogens with zero attached hydrogens (tertiary/aromatic N) is 1. The monoisotopic (exact) mass is 305 g/mol. The lowest BCUT2D eigenvalue weighted by Crippen LogP contribution is -2.46. The van der Waals surface area contributed by atoms with E-state index in [2.05, 4.69) is 24.5 Å². The van der Waals surface area contributed by atoms with E-state index in [4.69, 9.17) is 0 Å². The van der Waals surface area contributed by atoms with Gasteiger partial charge in [-0.15, -0.1) is 0 Å². The minimum atomic E-state index is -0.0724. The molecule has 0 saturated heterocycles. The number of urea groups is 1. The van der Waals surface area contributed by atoms with Gasteiger partial charge in [0.2, 0.25) is 5.56 Å². The van der Waals surface area contributed by atoms with Crippen molar-refractivity contribution < 1.29 is 4.79 Å². The number of unbranched alkanes of at least 4 members (excludes halogenated alkanes) is 1. The molecule has 2 N–H and O–H groups in total. The van der Waals surface area contributed by atoms with E-state index in [0.717, 1.165) is 19.3 Å². The maximum absolute atomic E-state index is 11.9. The van der Waals surface area contributed by atoms with E-state index in [1.54, 1.807) is 22.9 Å². The summed E-state index contributed by atoms with van der Waals surface area (Å²) in [6.45, 7) is 5.75. The molecule has 1 fully saturated rings. The molecule has 0 aliphatic heterocycles. The summed E-state index contributed by atoms with van der Waals surface area (Å²) in [5.74, 6) is 0. The molecule has 1 saturated carbocycles. The Morgan fingerprint density at radius 2 is 2.18 bits per heavy atom. The molecule has 5 nitrogen and oxygen atoms in total. The number of carbonyl (C=O) groups is 1. The van der Waals surface area contributed by atoms with Gasteiger partial charge in [-0.2, -0.15) is 0 Å². The van der Waals surface area contributed by atoms with Gasteiger partial charge >= 0.3 is 6.03 Å². The Morgan fingerprint density at radius 3 is 2.86 bits per heavy atom. The maximum Gasteiger partial charge on any atom is 0.315 e. The second kappa shape index (κ2) is 7.47. The first-order valence-electron chi connectivity index (χ1n) is 8.19. The number of aryl methyl sites for hydroxylation is 1. The summed E-state index contributed by atoms with van der Waals surface area (Å²) in [5, 5.41) is 5.99. The molecule has 2 amide bonds. The Hall–Kier alpha value is -1.78. The summed E-state index contributed by atoms with van der Waals surface area (Å²) < 4.78 is 1.70. The van der Waals surface area contributed by atoms with Crippen molar-refractivity contribution in [1.29, 1.82) is 0 Å². The highest BCUT2D eigenvalue weighted by molar-refractivity contribution is 5.74. The lowest BCUT2D eigenvalue weighted by atomic mass is 9.87. The van der Waals surface area contributed by atoms with Gasteiger partial charge in [-0.05, 0) is 37.2 Å². The summed E-state index contributed by atoms with van der Waals surface area (Å²) in [6, 6.07) is 5.37. The van der Waals surface area contributed by atoms with Gasteiger partial charge < -0.3 is 15.2 Å². The molecule has 1 heterocycles. The van der Waals surface area contributed by atoms with Crippen molar-refractivity contribution >= 4 is 6.03 Å². The molecule has 1 aliphatic carbocycles. The number of hydrogen-bond donors (Lipinski definition) is 2. The van der Waals surface area contributed by atoms with Gasteiger partial charge in [0.05, 0.1) is 0 Å². The molecule has 2 rings (SSSR count). The van der Waals surface area contributed by atoms with Crippen LogP contribution in [0.2, 0.25) is 0 Å². The van der Waals surface area contributed by atoms with Crippen LogP contribution in [0.5, 0.6) is 0 Å². The molecular weight excluding hydrogens is 278 g/mol. The van der Waals surface area contributed by atoms with Crippen molar-refractivity contribution in [1.82, 2.24) is 15.2 Å². The predicted molar refractivity (Wildman–Crippen MR) is 87.9 cm³/mol. The van der Waals surface area contributed by atoms with E-state index < -0.39 is 0 Å². The van der Waals surface area contributed by atoms with Gasteiger partial charge in [0.25, 0.3) is 0 Å². The lowest BCUT2D eigenvalue weighted by Gasteiger charge is -2.27. The molecule has 122 valence electrons. The summed E-state index contributed by atoms with van der Waals surface area (Å²) >= 11 is 0. The van der Waals surface area contributed by atoms with E-state index in [0.29, 0.717) is 13.1 Å². The van der Waals surface area contributed by atoms with Crippen LogP contribution in [0.15, 0.2) is 29.2 Å². The highest BCUT2D eigenvalue weighted by Crippen LogP contribution is 2.36. The molecule has 1 aromatic rings. The fraction of sp³-hybridized carbons (Fsp3) is 0.647. The molecule has 1 atom stereocenters. The standard InChI is InChI=1S/C17H27N3O2/c1-17(2)10-7-8-14(17)19-16(22)18-11-4-6-13-20-12-5-3-9-15(20)21/h3,5,9,12,14H,4,6-8,10-11,13H2,1-2H3,(H2,18,19,22)/t14-/m0/s1. The molecule has 0 radical (unpaired) electrons. The lowest BCUT2D eigenvalue weighted by molar-refractivity contribution is 0.222. The van der Waals surface area contributed by atoms with Gasteiger partial charge in [0.1, 0.15) is 0 Å². The molecular formula is C17H27N3O2. The number of aromatic nitrogens is 1. The average molecular weight is 305 g/mol. The Balaban J connectivity index is 1.62. The third-order valence-electron chi connectivity index (χ3n) is 4.57. The molecule has 0 spiro atoms. The Labute approximate surface area is 132 Å². The first kappa shape index (κ1) is 16.6. The van der Waals surface area contributed by atoms with Crippen LogP contribution in [0.25, 0.3) is 0 Å². The van der Waals surface area contributed by atoms with Gasteiger partial charge in [-0.25, -0.2) is 4.79 Å². The van der Waals surface area contributed by atoms with Crippen molar-refractivity contribution in [3.05, 3.63) is 34.7 Å². The minimum Gasteiger partial charge on any atom is -0.338 e. The van der Waals surface area contributed by atoms with Crippen molar-refractivity contribution in [2.45, 2.75) is 58.5 Å². The minimum absolute atomic E-state index is 0.0247. The number of nitrogens with one attached hydrogen (secondary N) is 2. The third-order valence-corrected chi connectivity index (χ3v) is 4.57. The largest absolute Gasteiger partial charge is 0.338 e. The van der Waals surface area contributed by atoms with Gasteiger partial charge in [-0.3, -0.25) is 4.79 Å². The number of rotatable bonds is 6. The molecule has 5 heteroatoms. The summed E-state index contributed by atoms with van der Waals surface area (Å²) in [7, 11) is 0. The maximum atomic E-state index is 11.9. The van der Waals surface area contributed by atoms with Crippen molar-refractivity contribution in [3.8, 4) is 0 Å². The summed E-state index contributed by atoms with van der Waals surface area (Å²) in [6.07, 6.45) is 6.96. The smallest absolute Gasteiger partial charge is 0.315 e. The highest BCUT2D eigenvalue weighted by Gasteiger charge is 2.35. The average Bonchev–Trinajstić information content (AvgIpc) is 2.79. The zero-order chi connectivity index (χ0) is 16.0. The SMILES string of the molecule is CC1(C)CCC[C@@H]1NC(=O)NCCCCn1ccccc1=O. The zero-order valence-corrected chi connectivity index (χ0v) is 13.6. The van der Waals surface area contributed by atoms with Crippen molar-refractivity contribution in [2.24, 2.45) is 5.41 Å². The fourth-order valence-electron chi connectivity index (χ4n) is 3.06. The van der Waals surface area contributed by atoms with Crippen LogP contribution in [-0.2, 0) is 6.54 Å². The van der Waals surface area contributed by atoms with Crippen molar-refractivity contribution in [2.75, 3.05) is 6.54 Å². The number of hydrogen-bond acceptors (Lipinski definition) is 2. The van der Waals surface area contributed by atoms with Crippen LogP contribution in [0.3, 0.4) is 0 Å². The second-order valence-electron chi connectivity index (χ2n) is 6.77. The van der Waals surface area contributed by atoms with Crippen LogP contribution in [0, 0.1) is 5.41 Å². The molecule has 1 aliphatic rings. The van der Waals surface area contributed by atoms with Gasteiger partial charge in [0, 0.05) is 31.4 Å². The van der Waals surface area contributed by atoms with E-state index in [1.807, 2.05) is 6.07 Å². The van der Waals surface area contributed by atoms with E-state index in [1.165, 1.54) is 12.8 Å². The van der Waals surface area contributed by atoms with Gasteiger partial charge in [-0.1, -0.05) is 26.3 Å². The van der Waals surface area contributed by atoms with Crippen LogP contribution in [0.4, 0.5) is 4.79 Å². The van der Waals surface area contributed by atoms with Crippen LogP contribution < -0.4 is 16.2 Å². The Bertz CT molecular complexity index is 551. The molecule has 0 unspecified atom stereocenters. The molecule has 22 heavy (non-hydrogen) atoms. The summed E-state index contributed by atoms with van der Waals surface area (Å²) in [5.41, 5.74) is 0.225. The van der Waals surface area contributed by atoms with E-state index in [9.17, 15) is 9.59 Å². The molecule has 1 aromatic heterocycles. The quantitative estimate of drug-likeness (QED) is 0.793. The fourth-order valence-corrected chi connectivity index (χ4v) is 3.06. The van der Waals surface area contributed by atoms with Crippen LogP contribution in [-0.4, -0.2) is 23.2 Å². The first-order valence-corrected chi connectivity index (χ1v) is 8.19. The van der Waals surface area contributed by atoms with Crippen LogP contribution in [0.1, 0.15) is 46.0 Å². The predicted octanol–water partition coefficient (Wildman–Crippen LogP) is 2.51. The molecule has 0 bridgehead atoms. The third kappa shape index (κ3) is 4.61. The zero-order valence-electron chi connectivity index (χ0n) is 13.6. The molecule has 0 aromatic carbocycles. The normalized spacial score (nSPS) is 19.8. The number of amides is 2. The first-order chi connectivity index (χ1) is 10.5. The topological polar surface area (TPSA) is 63.1 Å². The number of carbonyl (C=O) groups excluding carboxylic acids is 1. The van der Waals surface area contributed by atoms with Crippen LogP contribution >= 0.6 is 0 Å². The Morgan fingerprint density at radius 1 is 1.36 bits per heavy atom. The van der Waals surface area contributed by atoms with E-state index in [-0.39, 0.29) is 23.0 Å².